The van der Waals surface area contributed by atoms with Gasteiger partial charge in [-0.15, -0.1) is 0 Å². The molecule has 1 aromatic heterocycles. The van der Waals surface area contributed by atoms with Gasteiger partial charge in [0.25, 0.3) is 5.56 Å². The lowest BCUT2D eigenvalue weighted by Gasteiger charge is -2.20. The highest BCUT2D eigenvalue weighted by atomic mass is 16.3. The Morgan fingerprint density at radius 3 is 2.17 bits per heavy atom. The topological polar surface area (TPSA) is 81.6 Å². The molecule has 0 saturated carbocycles. The predicted molar refractivity (Wildman–Crippen MR) is 96.9 cm³/mol. The molecule has 0 saturated heterocycles. The van der Waals surface area contributed by atoms with E-state index in [1.807, 2.05) is 11.9 Å². The molecule has 1 aliphatic heterocycles. The molecule has 2 rings (SSSR count). The molecule has 0 unspecified atom stereocenters. The monoisotopic (exact) mass is 338 g/mol. The van der Waals surface area contributed by atoms with Crippen LogP contribution in [0.3, 0.4) is 0 Å². The first-order valence-corrected chi connectivity index (χ1v) is 8.96. The highest BCUT2D eigenvalue weighted by molar-refractivity contribution is 5.71. The van der Waals surface area contributed by atoms with Crippen molar-refractivity contribution in [2.45, 2.75) is 51.4 Å². The van der Waals surface area contributed by atoms with Crippen LogP contribution in [0.15, 0.2) is 9.59 Å². The van der Waals surface area contributed by atoms with Crippen molar-refractivity contribution >= 4 is 11.5 Å². The summed E-state index contributed by atoms with van der Waals surface area (Å²) in [6.07, 6.45) is 9.15. The number of hydrogen-bond acceptors (Lipinski definition) is 5. The van der Waals surface area contributed by atoms with E-state index in [0.717, 1.165) is 38.0 Å². The van der Waals surface area contributed by atoms with E-state index in [4.69, 9.17) is 5.11 Å². The molecule has 0 aromatic carbocycles. The number of nitrogens with zero attached hydrogens (tertiary/aromatic N) is 3. The fraction of sp³-hybridized carbons (Fsp3) is 0.765. The summed E-state index contributed by atoms with van der Waals surface area (Å²) in [6.45, 7) is 1.81. The number of unbranched alkanes of at least 4 members (excludes halogenated alkanes) is 7. The first kappa shape index (κ1) is 18.6. The molecule has 0 bridgehead atoms. The van der Waals surface area contributed by atoms with Crippen LogP contribution in [0.5, 0.6) is 0 Å². The van der Waals surface area contributed by atoms with E-state index in [1.54, 1.807) is 7.05 Å². The van der Waals surface area contributed by atoms with E-state index in [2.05, 4.69) is 9.88 Å². The molecule has 1 aliphatic rings. The Labute approximate surface area is 142 Å². The second-order valence-electron chi connectivity index (χ2n) is 6.65. The van der Waals surface area contributed by atoms with Crippen LogP contribution < -0.4 is 21.0 Å². The van der Waals surface area contributed by atoms with E-state index in [9.17, 15) is 9.59 Å². The maximum atomic E-state index is 12.0. The molecular weight excluding hydrogens is 308 g/mol. The Kier molecular flexibility index (Phi) is 6.90. The van der Waals surface area contributed by atoms with E-state index >= 15 is 0 Å². The van der Waals surface area contributed by atoms with Crippen molar-refractivity contribution in [3.05, 3.63) is 20.8 Å². The van der Waals surface area contributed by atoms with Crippen molar-refractivity contribution in [3.63, 3.8) is 0 Å². The summed E-state index contributed by atoms with van der Waals surface area (Å²) in [5, 5.41) is 8.73. The number of anilines is 2. The third-order valence-electron chi connectivity index (χ3n) is 4.67. The van der Waals surface area contributed by atoms with Crippen LogP contribution >= 0.6 is 0 Å². The van der Waals surface area contributed by atoms with Gasteiger partial charge in [0.2, 0.25) is 0 Å². The normalized spacial score (nSPS) is 13.6. The summed E-state index contributed by atoms with van der Waals surface area (Å²) in [7, 11) is 3.58. The Hall–Kier alpha value is -1.76. The van der Waals surface area contributed by atoms with E-state index < -0.39 is 0 Å². The van der Waals surface area contributed by atoms with Crippen molar-refractivity contribution < 1.29 is 5.11 Å². The number of rotatable bonds is 10. The quantitative estimate of drug-likeness (QED) is 0.630. The summed E-state index contributed by atoms with van der Waals surface area (Å²) in [6, 6.07) is 0. The number of H-pyrrole nitrogens is 1. The minimum atomic E-state index is -0.359. The average Bonchev–Trinajstić information content (AvgIpc) is 2.88. The number of aromatic nitrogens is 2. The van der Waals surface area contributed by atoms with E-state index in [0.29, 0.717) is 19.0 Å². The molecule has 0 atom stereocenters. The van der Waals surface area contributed by atoms with E-state index in [-0.39, 0.29) is 11.2 Å². The molecule has 0 radical (unpaired) electrons. The second kappa shape index (κ2) is 8.92. The molecule has 7 nitrogen and oxygen atoms in total. The molecule has 0 amide bonds. The van der Waals surface area contributed by atoms with Gasteiger partial charge in [-0.1, -0.05) is 38.5 Å². The number of aliphatic hydroxyl groups is 1. The van der Waals surface area contributed by atoms with Gasteiger partial charge >= 0.3 is 5.69 Å². The lowest BCUT2D eigenvalue weighted by molar-refractivity contribution is 0.282. The van der Waals surface area contributed by atoms with Crippen LogP contribution in [0.25, 0.3) is 0 Å². The molecule has 1 aromatic rings. The zero-order chi connectivity index (χ0) is 17.5. The molecule has 24 heavy (non-hydrogen) atoms. The Morgan fingerprint density at radius 1 is 0.958 bits per heavy atom. The van der Waals surface area contributed by atoms with Gasteiger partial charge in [-0.3, -0.25) is 14.3 Å². The van der Waals surface area contributed by atoms with Crippen LogP contribution in [0, 0.1) is 0 Å². The molecule has 0 fully saturated rings. The van der Waals surface area contributed by atoms with Gasteiger partial charge < -0.3 is 14.9 Å². The Morgan fingerprint density at radius 2 is 1.54 bits per heavy atom. The van der Waals surface area contributed by atoms with Gasteiger partial charge in [-0.25, -0.2) is 4.79 Å². The van der Waals surface area contributed by atoms with Crippen LogP contribution in [-0.4, -0.2) is 41.5 Å². The number of aliphatic hydroxyl groups excluding tert-OH is 1. The second-order valence-corrected chi connectivity index (χ2v) is 6.65. The minimum Gasteiger partial charge on any atom is -0.396 e. The van der Waals surface area contributed by atoms with Gasteiger partial charge in [0.05, 0.1) is 6.67 Å². The third kappa shape index (κ3) is 4.41. The summed E-state index contributed by atoms with van der Waals surface area (Å²) in [5.74, 6) is 0.732. The molecule has 0 aliphatic carbocycles. The summed E-state index contributed by atoms with van der Waals surface area (Å²) in [4.78, 5) is 30.2. The Bertz CT molecular complexity index is 638. The van der Waals surface area contributed by atoms with E-state index in [1.165, 1.54) is 30.3 Å². The van der Waals surface area contributed by atoms with Gasteiger partial charge in [-0.05, 0) is 12.8 Å². The molecular formula is C17H30N4O3. The van der Waals surface area contributed by atoms with Crippen molar-refractivity contribution in [2.75, 3.05) is 36.7 Å². The van der Waals surface area contributed by atoms with Crippen LogP contribution in [-0.2, 0) is 7.05 Å². The Balaban J connectivity index is 1.78. The lowest BCUT2D eigenvalue weighted by atomic mass is 10.1. The summed E-state index contributed by atoms with van der Waals surface area (Å²) >= 11 is 0. The highest BCUT2D eigenvalue weighted by Crippen LogP contribution is 2.29. The molecule has 2 heterocycles. The van der Waals surface area contributed by atoms with Crippen molar-refractivity contribution in [1.29, 1.82) is 0 Å². The van der Waals surface area contributed by atoms with Crippen molar-refractivity contribution in [3.8, 4) is 0 Å². The van der Waals surface area contributed by atoms with Gasteiger partial charge in [-0.2, -0.15) is 0 Å². The SMILES string of the molecule is CN1CN(CCCCCCCCCCO)c2c1c(=O)[nH]c(=O)n2C. The fourth-order valence-electron chi connectivity index (χ4n) is 3.35. The first-order chi connectivity index (χ1) is 11.6. The van der Waals surface area contributed by atoms with Crippen LogP contribution in [0.1, 0.15) is 51.4 Å². The smallest absolute Gasteiger partial charge is 0.329 e. The third-order valence-corrected chi connectivity index (χ3v) is 4.67. The van der Waals surface area contributed by atoms with Gasteiger partial charge in [0.1, 0.15) is 11.5 Å². The lowest BCUT2D eigenvalue weighted by Crippen LogP contribution is -2.32. The molecule has 0 spiro atoms. The fourth-order valence-corrected chi connectivity index (χ4v) is 3.35. The van der Waals surface area contributed by atoms with Gasteiger partial charge in [0, 0.05) is 27.2 Å². The predicted octanol–water partition coefficient (Wildman–Crippen LogP) is 1.40. The zero-order valence-corrected chi connectivity index (χ0v) is 14.9. The highest BCUT2D eigenvalue weighted by Gasteiger charge is 2.28. The average molecular weight is 338 g/mol. The number of fused-ring (bicyclic) bond motifs is 1. The number of nitrogens with one attached hydrogen (secondary N) is 1. The van der Waals surface area contributed by atoms with Gasteiger partial charge in [0.15, 0.2) is 0 Å². The minimum absolute atomic E-state index is 0.303. The standard InChI is InChI=1S/C17H30N4O3/c1-19-13-21(11-9-7-5-3-4-6-8-10-12-22)16-14(19)15(23)18-17(24)20(16)2/h22H,3-13H2,1-2H3,(H,18,23,24). The molecule has 2 N–H and O–H groups in total. The molecule has 7 heteroatoms. The van der Waals surface area contributed by atoms with Crippen molar-refractivity contribution in [2.24, 2.45) is 7.05 Å². The molecule has 136 valence electrons. The van der Waals surface area contributed by atoms with Crippen LogP contribution in [0.2, 0.25) is 0 Å². The first-order valence-electron chi connectivity index (χ1n) is 8.96. The van der Waals surface area contributed by atoms with Crippen LogP contribution in [0.4, 0.5) is 11.5 Å². The maximum absolute atomic E-state index is 12.0. The summed E-state index contributed by atoms with van der Waals surface area (Å²) in [5.41, 5.74) is -0.0797. The number of hydrogen-bond donors (Lipinski definition) is 2. The summed E-state index contributed by atoms with van der Waals surface area (Å²) < 4.78 is 1.53. The largest absolute Gasteiger partial charge is 0.396 e. The number of aromatic amines is 1. The zero-order valence-electron chi connectivity index (χ0n) is 14.9. The van der Waals surface area contributed by atoms with Crippen molar-refractivity contribution in [1.82, 2.24) is 9.55 Å². The maximum Gasteiger partial charge on any atom is 0.329 e.